The average molecular weight is 373 g/mol. The van der Waals surface area contributed by atoms with Crippen LogP contribution in [0, 0.1) is 16.0 Å². The summed E-state index contributed by atoms with van der Waals surface area (Å²) in [6, 6.07) is 3.14. The Balaban J connectivity index is 2.75. The number of nitro benzene ring substituents is 1. The number of benzene rings is 1. The molecule has 1 rings (SSSR count). The number of amides is 1. The number of carboxylic acids is 1. The Morgan fingerprint density at radius 2 is 2.05 bits per heavy atom. The van der Waals surface area contributed by atoms with Gasteiger partial charge in [0, 0.05) is 16.6 Å². The summed E-state index contributed by atoms with van der Waals surface area (Å²) in [5, 5.41) is 22.2. The monoisotopic (exact) mass is 372 g/mol. The lowest BCUT2D eigenvalue weighted by Gasteiger charge is -2.16. The zero-order chi connectivity index (χ0) is 16.9. The lowest BCUT2D eigenvalue weighted by atomic mass is 10.0. The number of aliphatic carboxylic acids is 1. The highest BCUT2D eigenvalue weighted by Gasteiger charge is 2.21. The van der Waals surface area contributed by atoms with E-state index >= 15 is 0 Å². The van der Waals surface area contributed by atoms with Gasteiger partial charge >= 0.3 is 5.97 Å². The minimum Gasteiger partial charge on any atom is -0.480 e. The van der Waals surface area contributed by atoms with Crippen LogP contribution in [-0.2, 0) is 16.0 Å². The second-order valence-electron chi connectivity index (χ2n) is 5.30. The van der Waals surface area contributed by atoms with Gasteiger partial charge in [0.1, 0.15) is 6.04 Å². The fourth-order valence-electron chi connectivity index (χ4n) is 1.90. The summed E-state index contributed by atoms with van der Waals surface area (Å²) < 4.78 is 0.438. The maximum Gasteiger partial charge on any atom is 0.326 e. The third kappa shape index (κ3) is 5.44. The number of nitrogens with one attached hydrogen (secondary N) is 1. The first-order chi connectivity index (χ1) is 10.2. The number of non-ortho nitro benzene ring substituents is 1. The molecule has 0 aromatic heterocycles. The molecule has 8 heteroatoms. The van der Waals surface area contributed by atoms with Gasteiger partial charge in [-0.15, -0.1) is 0 Å². The molecule has 0 radical (unpaired) electrons. The fourth-order valence-corrected chi connectivity index (χ4v) is 2.41. The Bertz CT molecular complexity index is 589. The summed E-state index contributed by atoms with van der Waals surface area (Å²) in [5.74, 6) is -1.39. The zero-order valence-corrected chi connectivity index (χ0v) is 13.8. The summed E-state index contributed by atoms with van der Waals surface area (Å²) in [6.45, 7) is 3.74. The van der Waals surface area contributed by atoms with Gasteiger partial charge in [0.25, 0.3) is 5.69 Å². The van der Waals surface area contributed by atoms with Crippen LogP contribution in [0.4, 0.5) is 5.69 Å². The van der Waals surface area contributed by atoms with Crippen LogP contribution in [-0.4, -0.2) is 27.9 Å². The number of carbonyl (C=O) groups excluding carboxylic acids is 1. The van der Waals surface area contributed by atoms with E-state index in [2.05, 4.69) is 21.2 Å². The van der Waals surface area contributed by atoms with Gasteiger partial charge in [-0.25, -0.2) is 4.79 Å². The first-order valence-electron chi connectivity index (χ1n) is 6.65. The first kappa shape index (κ1) is 18.1. The van der Waals surface area contributed by atoms with Crippen molar-refractivity contribution < 1.29 is 19.6 Å². The van der Waals surface area contributed by atoms with E-state index in [0.717, 1.165) is 0 Å². The van der Waals surface area contributed by atoms with Gasteiger partial charge in [-0.3, -0.25) is 14.9 Å². The van der Waals surface area contributed by atoms with Crippen molar-refractivity contribution in [2.75, 3.05) is 0 Å². The topological polar surface area (TPSA) is 110 Å². The fraction of sp³-hybridized carbons (Fsp3) is 0.429. The molecule has 0 heterocycles. The number of nitrogens with zero attached hydrogens (tertiary/aromatic N) is 1. The molecular weight excluding hydrogens is 356 g/mol. The smallest absolute Gasteiger partial charge is 0.326 e. The van der Waals surface area contributed by atoms with Crippen molar-refractivity contribution >= 4 is 33.5 Å². The van der Waals surface area contributed by atoms with Crippen molar-refractivity contribution in [3.8, 4) is 0 Å². The van der Waals surface area contributed by atoms with Gasteiger partial charge in [-0.1, -0.05) is 35.8 Å². The second kappa shape index (κ2) is 7.88. The van der Waals surface area contributed by atoms with Crippen molar-refractivity contribution in [1.29, 1.82) is 0 Å². The van der Waals surface area contributed by atoms with Crippen molar-refractivity contribution in [3.63, 3.8) is 0 Å². The highest BCUT2D eigenvalue weighted by Crippen LogP contribution is 2.23. The largest absolute Gasteiger partial charge is 0.480 e. The molecule has 0 bridgehead atoms. The van der Waals surface area contributed by atoms with Gasteiger partial charge in [0.15, 0.2) is 0 Å². The molecule has 0 spiro atoms. The molecule has 0 unspecified atom stereocenters. The van der Waals surface area contributed by atoms with E-state index < -0.39 is 22.8 Å². The first-order valence-corrected chi connectivity index (χ1v) is 7.45. The van der Waals surface area contributed by atoms with Gasteiger partial charge < -0.3 is 10.4 Å². The number of carbonyl (C=O) groups is 2. The number of hydrogen-bond donors (Lipinski definition) is 2. The van der Waals surface area contributed by atoms with Gasteiger partial charge in [0.05, 0.1) is 11.3 Å². The molecule has 0 aliphatic carbocycles. The molecule has 0 fully saturated rings. The van der Waals surface area contributed by atoms with E-state index in [1.165, 1.54) is 18.2 Å². The van der Waals surface area contributed by atoms with Crippen LogP contribution >= 0.6 is 15.9 Å². The van der Waals surface area contributed by atoms with Gasteiger partial charge in [-0.05, 0) is 17.9 Å². The van der Waals surface area contributed by atoms with E-state index in [-0.39, 0.29) is 18.0 Å². The molecule has 0 aliphatic heterocycles. The highest BCUT2D eigenvalue weighted by atomic mass is 79.9. The van der Waals surface area contributed by atoms with Crippen LogP contribution in [0.25, 0.3) is 0 Å². The zero-order valence-electron chi connectivity index (χ0n) is 12.2. The number of rotatable bonds is 7. The Labute approximate surface area is 136 Å². The van der Waals surface area contributed by atoms with Crippen LogP contribution in [0.15, 0.2) is 22.7 Å². The lowest BCUT2D eigenvalue weighted by Crippen LogP contribution is -2.42. The molecule has 2 N–H and O–H groups in total. The predicted octanol–water partition coefficient (Wildman–Crippen LogP) is 2.52. The van der Waals surface area contributed by atoms with Crippen molar-refractivity contribution in [1.82, 2.24) is 5.32 Å². The van der Waals surface area contributed by atoms with Crippen molar-refractivity contribution in [2.45, 2.75) is 32.7 Å². The van der Waals surface area contributed by atoms with E-state index in [1.54, 1.807) is 0 Å². The molecule has 7 nitrogen and oxygen atoms in total. The molecule has 1 aromatic carbocycles. The molecule has 120 valence electrons. The summed E-state index contributed by atoms with van der Waals surface area (Å²) in [6.07, 6.45) is 0.281. The molecule has 0 saturated carbocycles. The molecule has 22 heavy (non-hydrogen) atoms. The average Bonchev–Trinajstić information content (AvgIpc) is 2.39. The maximum absolute atomic E-state index is 12.0. The third-order valence-corrected chi connectivity index (χ3v) is 3.68. The Morgan fingerprint density at radius 3 is 2.50 bits per heavy atom. The summed E-state index contributed by atoms with van der Waals surface area (Å²) in [5.41, 5.74) is 0.469. The van der Waals surface area contributed by atoms with Gasteiger partial charge in [-0.2, -0.15) is 0 Å². The van der Waals surface area contributed by atoms with E-state index in [0.29, 0.717) is 16.5 Å². The number of nitro groups is 1. The molecule has 1 amide bonds. The summed E-state index contributed by atoms with van der Waals surface area (Å²) >= 11 is 3.18. The number of halogens is 1. The molecule has 1 aromatic rings. The summed E-state index contributed by atoms with van der Waals surface area (Å²) in [4.78, 5) is 33.2. The van der Waals surface area contributed by atoms with Crippen LogP contribution < -0.4 is 5.32 Å². The van der Waals surface area contributed by atoms with Crippen LogP contribution in [0.2, 0.25) is 0 Å². The third-order valence-electron chi connectivity index (χ3n) is 2.94. The highest BCUT2D eigenvalue weighted by molar-refractivity contribution is 9.10. The van der Waals surface area contributed by atoms with Crippen molar-refractivity contribution in [3.05, 3.63) is 38.3 Å². The van der Waals surface area contributed by atoms with Crippen LogP contribution in [0.5, 0.6) is 0 Å². The minimum atomic E-state index is -1.08. The van der Waals surface area contributed by atoms with E-state index in [9.17, 15) is 19.7 Å². The van der Waals surface area contributed by atoms with Crippen LogP contribution in [0.3, 0.4) is 0 Å². The normalized spacial score (nSPS) is 12.0. The molecule has 0 saturated heterocycles. The Morgan fingerprint density at radius 1 is 1.41 bits per heavy atom. The Kier molecular flexibility index (Phi) is 6.48. The number of hydrogen-bond acceptors (Lipinski definition) is 4. The predicted molar refractivity (Wildman–Crippen MR) is 83.5 cm³/mol. The standard InChI is InChI=1S/C14H17BrN2O5/c1-8(2)5-12(14(19)20)16-13(18)6-9-3-4-10(17(21)22)7-11(9)15/h3-4,7-8,12H,5-6H2,1-2H3,(H,16,18)(H,19,20)/t12-/m0/s1. The van der Waals surface area contributed by atoms with E-state index in [4.69, 9.17) is 5.11 Å². The van der Waals surface area contributed by atoms with E-state index in [1.807, 2.05) is 13.8 Å². The lowest BCUT2D eigenvalue weighted by molar-refractivity contribution is -0.384. The Hall–Kier alpha value is -1.96. The quantitative estimate of drug-likeness (QED) is 0.564. The number of carboxylic acid groups (broad SMARTS) is 1. The van der Waals surface area contributed by atoms with Crippen molar-refractivity contribution in [2.24, 2.45) is 5.92 Å². The summed E-state index contributed by atoms with van der Waals surface area (Å²) in [7, 11) is 0. The van der Waals surface area contributed by atoms with Crippen LogP contribution in [0.1, 0.15) is 25.8 Å². The van der Waals surface area contributed by atoms with Gasteiger partial charge in [0.2, 0.25) is 5.91 Å². The molecule has 1 atom stereocenters. The maximum atomic E-state index is 12.0. The SMILES string of the molecule is CC(C)C[C@H](NC(=O)Cc1ccc([N+](=O)[O-])cc1Br)C(=O)O. The minimum absolute atomic E-state index is 0.0551. The molecular formula is C14H17BrN2O5. The molecule has 0 aliphatic rings. The second-order valence-corrected chi connectivity index (χ2v) is 6.15.